The summed E-state index contributed by atoms with van der Waals surface area (Å²) in [6.07, 6.45) is -2.54. The molecule has 1 aromatic rings. The van der Waals surface area contributed by atoms with Gasteiger partial charge >= 0.3 is 6.18 Å². The highest BCUT2D eigenvalue weighted by Gasteiger charge is 2.32. The predicted molar refractivity (Wildman–Crippen MR) is 62.5 cm³/mol. The first kappa shape index (κ1) is 13.8. The summed E-state index contributed by atoms with van der Waals surface area (Å²) in [7, 11) is 0. The summed E-state index contributed by atoms with van der Waals surface area (Å²) < 4.78 is 36.9. The topological polar surface area (TPSA) is 54.0 Å². The molecule has 0 spiro atoms. The van der Waals surface area contributed by atoms with Gasteiger partial charge in [0.15, 0.2) is 0 Å². The Morgan fingerprint density at radius 1 is 1.47 bits per heavy atom. The average Bonchev–Trinajstić information content (AvgIpc) is 2.88. The van der Waals surface area contributed by atoms with Crippen molar-refractivity contribution in [2.75, 3.05) is 19.6 Å². The molecule has 1 fully saturated rings. The Labute approximate surface area is 108 Å². The Morgan fingerprint density at radius 2 is 2.26 bits per heavy atom. The van der Waals surface area contributed by atoms with Crippen molar-refractivity contribution in [3.05, 3.63) is 29.6 Å². The van der Waals surface area contributed by atoms with Gasteiger partial charge in [-0.1, -0.05) is 0 Å². The van der Waals surface area contributed by atoms with Crippen molar-refractivity contribution in [2.24, 2.45) is 5.92 Å². The van der Waals surface area contributed by atoms with E-state index in [0.717, 1.165) is 37.8 Å². The van der Waals surface area contributed by atoms with Gasteiger partial charge in [0.1, 0.15) is 5.69 Å². The normalized spacial score (nSPS) is 19.4. The number of nitrogens with zero attached hydrogens (tertiary/aromatic N) is 1. The van der Waals surface area contributed by atoms with Gasteiger partial charge in [0.05, 0.1) is 5.56 Å². The number of hydrogen-bond acceptors (Lipinski definition) is 3. The Balaban J connectivity index is 1.92. The summed E-state index contributed by atoms with van der Waals surface area (Å²) in [5.74, 6) is -0.0144. The molecule has 0 aliphatic carbocycles. The van der Waals surface area contributed by atoms with Crippen LogP contribution in [0, 0.1) is 5.92 Å². The number of carbonyl (C=O) groups excluding carboxylic acids is 1. The van der Waals surface area contributed by atoms with Crippen molar-refractivity contribution in [1.29, 1.82) is 0 Å². The van der Waals surface area contributed by atoms with Crippen molar-refractivity contribution < 1.29 is 18.0 Å². The van der Waals surface area contributed by atoms with Crippen LogP contribution < -0.4 is 10.6 Å². The quantitative estimate of drug-likeness (QED) is 0.876. The van der Waals surface area contributed by atoms with E-state index in [-0.39, 0.29) is 5.56 Å². The van der Waals surface area contributed by atoms with Gasteiger partial charge in [0.2, 0.25) is 0 Å². The van der Waals surface area contributed by atoms with Crippen LogP contribution in [0.1, 0.15) is 22.5 Å². The maximum absolute atomic E-state index is 12.3. The minimum absolute atomic E-state index is 0.138. The molecule has 7 heteroatoms. The molecular formula is C12H14F3N3O. The zero-order chi connectivity index (χ0) is 13.9. The van der Waals surface area contributed by atoms with Crippen molar-refractivity contribution in [2.45, 2.75) is 12.6 Å². The minimum atomic E-state index is -4.48. The summed E-state index contributed by atoms with van der Waals surface area (Å²) >= 11 is 0. The van der Waals surface area contributed by atoms with E-state index in [0.29, 0.717) is 12.5 Å². The molecule has 2 rings (SSSR count). The van der Waals surface area contributed by atoms with E-state index in [1.165, 1.54) is 0 Å². The number of rotatable bonds is 3. The maximum Gasteiger partial charge on any atom is 0.433 e. The number of carbonyl (C=O) groups is 1. The number of aromatic nitrogens is 1. The second-order valence-corrected chi connectivity index (χ2v) is 4.50. The van der Waals surface area contributed by atoms with Gasteiger partial charge in [-0.2, -0.15) is 13.2 Å². The molecule has 0 aromatic carbocycles. The van der Waals surface area contributed by atoms with Gasteiger partial charge in [-0.05, 0) is 37.6 Å². The van der Waals surface area contributed by atoms with Gasteiger partial charge in [-0.25, -0.2) is 0 Å². The van der Waals surface area contributed by atoms with Gasteiger partial charge < -0.3 is 10.6 Å². The third-order valence-electron chi connectivity index (χ3n) is 3.03. The van der Waals surface area contributed by atoms with Crippen LogP contribution in [0.15, 0.2) is 18.3 Å². The van der Waals surface area contributed by atoms with Crippen LogP contribution in [0.4, 0.5) is 13.2 Å². The van der Waals surface area contributed by atoms with E-state index in [4.69, 9.17) is 0 Å². The van der Waals surface area contributed by atoms with Crippen LogP contribution in [0.25, 0.3) is 0 Å². The second kappa shape index (κ2) is 5.56. The molecule has 1 aliphatic rings. The molecule has 0 radical (unpaired) electrons. The lowest BCUT2D eigenvalue weighted by Gasteiger charge is -2.10. The van der Waals surface area contributed by atoms with Crippen molar-refractivity contribution in [3.63, 3.8) is 0 Å². The summed E-state index contributed by atoms with van der Waals surface area (Å²) in [6, 6.07) is 1.95. The number of hydrogen-bond donors (Lipinski definition) is 2. The van der Waals surface area contributed by atoms with E-state index < -0.39 is 17.8 Å². The van der Waals surface area contributed by atoms with E-state index in [1.807, 2.05) is 0 Å². The maximum atomic E-state index is 12.3. The number of alkyl halides is 3. The summed E-state index contributed by atoms with van der Waals surface area (Å²) in [6.45, 7) is 2.31. The van der Waals surface area contributed by atoms with E-state index >= 15 is 0 Å². The van der Waals surface area contributed by atoms with Crippen molar-refractivity contribution >= 4 is 5.91 Å². The fourth-order valence-corrected chi connectivity index (χ4v) is 1.92. The van der Waals surface area contributed by atoms with E-state index in [9.17, 15) is 18.0 Å². The molecule has 4 nitrogen and oxygen atoms in total. The first-order valence-corrected chi connectivity index (χ1v) is 5.99. The highest BCUT2D eigenvalue weighted by Crippen LogP contribution is 2.27. The van der Waals surface area contributed by atoms with Crippen LogP contribution in [0.5, 0.6) is 0 Å². The van der Waals surface area contributed by atoms with Crippen LogP contribution in [-0.2, 0) is 6.18 Å². The van der Waals surface area contributed by atoms with Crippen LogP contribution >= 0.6 is 0 Å². The lowest BCUT2D eigenvalue weighted by Crippen LogP contribution is -2.30. The Morgan fingerprint density at radius 3 is 2.79 bits per heavy atom. The van der Waals surface area contributed by atoms with Gasteiger partial charge in [0.25, 0.3) is 5.91 Å². The lowest BCUT2D eigenvalue weighted by molar-refractivity contribution is -0.141. The Bertz CT molecular complexity index is 439. The largest absolute Gasteiger partial charge is 0.433 e. The zero-order valence-electron chi connectivity index (χ0n) is 10.1. The van der Waals surface area contributed by atoms with Crippen molar-refractivity contribution in [3.8, 4) is 0 Å². The van der Waals surface area contributed by atoms with E-state index in [2.05, 4.69) is 15.6 Å². The molecule has 2 N–H and O–H groups in total. The third-order valence-corrected chi connectivity index (χ3v) is 3.03. The van der Waals surface area contributed by atoms with Crippen LogP contribution in [-0.4, -0.2) is 30.5 Å². The molecule has 1 aliphatic heterocycles. The molecule has 1 atom stereocenters. The molecule has 0 saturated carbocycles. The molecular weight excluding hydrogens is 259 g/mol. The van der Waals surface area contributed by atoms with Crippen molar-refractivity contribution in [1.82, 2.24) is 15.6 Å². The molecule has 1 aromatic heterocycles. The Kier molecular flexibility index (Phi) is 4.04. The molecule has 1 saturated heterocycles. The summed E-state index contributed by atoms with van der Waals surface area (Å²) in [5, 5.41) is 5.87. The van der Waals surface area contributed by atoms with Gasteiger partial charge in [-0.3, -0.25) is 9.78 Å². The fourth-order valence-electron chi connectivity index (χ4n) is 1.92. The van der Waals surface area contributed by atoms with Crippen LogP contribution in [0.2, 0.25) is 0 Å². The third kappa shape index (κ3) is 3.66. The standard InChI is InChI=1S/C12H14F3N3O/c13-12(14,15)10-2-1-9(7-17-10)11(19)18-6-8-3-4-16-5-8/h1-2,7-8,16H,3-6H2,(H,18,19). The van der Waals surface area contributed by atoms with E-state index in [1.54, 1.807) is 0 Å². The minimum Gasteiger partial charge on any atom is -0.352 e. The highest BCUT2D eigenvalue weighted by molar-refractivity contribution is 5.93. The molecule has 2 heterocycles. The van der Waals surface area contributed by atoms with Gasteiger partial charge in [-0.15, -0.1) is 0 Å². The molecule has 1 amide bonds. The zero-order valence-corrected chi connectivity index (χ0v) is 10.1. The first-order chi connectivity index (χ1) is 8.97. The second-order valence-electron chi connectivity index (χ2n) is 4.50. The molecule has 104 valence electrons. The lowest BCUT2D eigenvalue weighted by atomic mass is 10.1. The van der Waals surface area contributed by atoms with Gasteiger partial charge in [0, 0.05) is 12.7 Å². The smallest absolute Gasteiger partial charge is 0.352 e. The number of amides is 1. The average molecular weight is 273 g/mol. The number of halogens is 3. The fraction of sp³-hybridized carbons (Fsp3) is 0.500. The van der Waals surface area contributed by atoms with Crippen LogP contribution in [0.3, 0.4) is 0 Å². The Hall–Kier alpha value is -1.63. The number of nitrogens with one attached hydrogen (secondary N) is 2. The summed E-state index contributed by atoms with van der Waals surface area (Å²) in [4.78, 5) is 15.0. The predicted octanol–water partition coefficient (Wildman–Crippen LogP) is 1.44. The SMILES string of the molecule is O=C(NCC1CCNC1)c1ccc(C(F)(F)F)nc1. The molecule has 0 bridgehead atoms. The summed E-state index contributed by atoms with van der Waals surface area (Å²) in [5.41, 5.74) is -0.858. The molecule has 19 heavy (non-hydrogen) atoms. The first-order valence-electron chi connectivity index (χ1n) is 5.99. The highest BCUT2D eigenvalue weighted by atomic mass is 19.4. The monoisotopic (exact) mass is 273 g/mol. The number of pyridine rings is 1. The molecule has 1 unspecified atom stereocenters.